The van der Waals surface area contributed by atoms with Crippen molar-refractivity contribution in [1.29, 1.82) is 0 Å². The van der Waals surface area contributed by atoms with Gasteiger partial charge in [-0.2, -0.15) is 5.06 Å². The minimum atomic E-state index is -0.597. The van der Waals surface area contributed by atoms with Crippen LogP contribution in [0.1, 0.15) is 22.3 Å². The molecule has 4 aromatic rings. The first-order chi connectivity index (χ1) is 19.3. The summed E-state index contributed by atoms with van der Waals surface area (Å²) in [5, 5.41) is 12.7. The Labute approximate surface area is 230 Å². The monoisotopic (exact) mass is 519 g/mol. The second kappa shape index (κ2) is 13.9. The van der Waals surface area contributed by atoms with Crippen LogP contribution in [0.4, 0.5) is 0 Å². The molecule has 0 aromatic heterocycles. The average molecular weight is 520 g/mol. The zero-order valence-corrected chi connectivity index (χ0v) is 21.8. The zero-order valence-electron chi connectivity index (χ0n) is 21.8. The van der Waals surface area contributed by atoms with Crippen LogP contribution in [-0.4, -0.2) is 41.2 Å². The van der Waals surface area contributed by atoms with Gasteiger partial charge in [-0.1, -0.05) is 121 Å². The number of hydrogen-bond acceptors (Lipinski definition) is 5. The Morgan fingerprint density at radius 3 is 1.59 bits per heavy atom. The predicted molar refractivity (Wildman–Crippen MR) is 151 cm³/mol. The molecule has 0 aliphatic carbocycles. The molecule has 1 saturated heterocycles. The third-order valence-electron chi connectivity index (χ3n) is 6.75. The lowest BCUT2D eigenvalue weighted by atomic mass is 10.1. The fraction of sp³-hybridized carbons (Fsp3) is 0.235. The van der Waals surface area contributed by atoms with Crippen molar-refractivity contribution >= 4 is 0 Å². The maximum Gasteiger partial charge on any atom is 0.125 e. The van der Waals surface area contributed by atoms with Gasteiger partial charge in [-0.05, 0) is 28.8 Å². The van der Waals surface area contributed by atoms with Gasteiger partial charge in [0.25, 0.3) is 0 Å². The van der Waals surface area contributed by atoms with E-state index in [-0.39, 0.29) is 6.61 Å². The Hall–Kier alpha value is -3.76. The molecule has 198 valence electrons. The zero-order chi connectivity index (χ0) is 26.7. The number of hydroxylamine groups is 2. The molecule has 5 heteroatoms. The lowest BCUT2D eigenvalue weighted by Gasteiger charge is -2.25. The fourth-order valence-corrected chi connectivity index (χ4v) is 4.70. The van der Waals surface area contributed by atoms with Crippen LogP contribution in [0.3, 0.4) is 0 Å². The van der Waals surface area contributed by atoms with Gasteiger partial charge < -0.3 is 19.4 Å². The van der Waals surface area contributed by atoms with E-state index in [1.165, 1.54) is 5.06 Å². The third kappa shape index (κ3) is 7.42. The van der Waals surface area contributed by atoms with E-state index in [0.717, 1.165) is 22.3 Å². The van der Waals surface area contributed by atoms with E-state index in [0.29, 0.717) is 19.8 Å². The van der Waals surface area contributed by atoms with Gasteiger partial charge in [-0.15, -0.1) is 0 Å². The van der Waals surface area contributed by atoms with Gasteiger partial charge in [0.2, 0.25) is 0 Å². The molecule has 1 aliphatic rings. The van der Waals surface area contributed by atoms with Crippen molar-refractivity contribution in [1.82, 2.24) is 5.06 Å². The summed E-state index contributed by atoms with van der Waals surface area (Å²) in [6.07, 6.45) is -0.967. The summed E-state index contributed by atoms with van der Waals surface area (Å²) in [4.78, 5) is 0. The first kappa shape index (κ1) is 26.8. The maximum atomic E-state index is 11.4. The van der Waals surface area contributed by atoms with E-state index in [2.05, 4.69) is 11.8 Å². The van der Waals surface area contributed by atoms with Gasteiger partial charge in [-0.25, -0.2) is 0 Å². The topological polar surface area (TPSA) is 51.2 Å². The van der Waals surface area contributed by atoms with E-state index >= 15 is 0 Å². The van der Waals surface area contributed by atoms with Crippen LogP contribution in [0.5, 0.6) is 0 Å². The molecule has 39 heavy (non-hydrogen) atoms. The van der Waals surface area contributed by atoms with Crippen molar-refractivity contribution in [2.24, 2.45) is 0 Å². The highest BCUT2D eigenvalue weighted by molar-refractivity contribution is 5.36. The van der Waals surface area contributed by atoms with Crippen LogP contribution < -0.4 is 0 Å². The molecular formula is C34H33NO4. The normalized spacial score (nSPS) is 20.8. The minimum Gasteiger partial charge on any atom is -0.375 e. The molecule has 0 bridgehead atoms. The van der Waals surface area contributed by atoms with Crippen LogP contribution >= 0.6 is 0 Å². The molecule has 1 fully saturated rings. The van der Waals surface area contributed by atoms with Crippen molar-refractivity contribution in [2.75, 3.05) is 6.61 Å². The lowest BCUT2D eigenvalue weighted by molar-refractivity contribution is -0.155. The Bertz CT molecular complexity index is 1320. The van der Waals surface area contributed by atoms with Crippen molar-refractivity contribution in [3.8, 4) is 11.8 Å². The summed E-state index contributed by atoms with van der Waals surface area (Å²) < 4.78 is 19.0. The molecule has 0 saturated carbocycles. The summed E-state index contributed by atoms with van der Waals surface area (Å²) in [6, 6.07) is 38.7. The quantitative estimate of drug-likeness (QED) is 0.266. The van der Waals surface area contributed by atoms with Crippen molar-refractivity contribution in [3.63, 3.8) is 0 Å². The van der Waals surface area contributed by atoms with E-state index in [4.69, 9.17) is 14.2 Å². The number of nitrogens with zero attached hydrogens (tertiary/aromatic N) is 1. The summed E-state index contributed by atoms with van der Waals surface area (Å²) in [6.45, 7) is 1.47. The molecule has 0 amide bonds. The SMILES string of the molecule is ON1[C@H](C#Cc2ccccc2)[C@@H](OCc2ccccc2)[C@H](OCc2ccccc2)[C@H]1COCc1ccccc1. The predicted octanol–water partition coefficient (Wildman–Crippen LogP) is 5.87. The Morgan fingerprint density at radius 1 is 0.590 bits per heavy atom. The van der Waals surface area contributed by atoms with Gasteiger partial charge in [0, 0.05) is 5.56 Å². The number of benzene rings is 4. The largest absolute Gasteiger partial charge is 0.375 e. The van der Waals surface area contributed by atoms with Crippen LogP contribution in [-0.2, 0) is 34.0 Å². The number of rotatable bonds is 10. The number of ether oxygens (including phenoxy) is 3. The van der Waals surface area contributed by atoms with Crippen LogP contribution in [0.2, 0.25) is 0 Å². The van der Waals surface area contributed by atoms with Gasteiger partial charge in [0.1, 0.15) is 18.2 Å². The molecule has 0 radical (unpaired) electrons. The second-order valence-electron chi connectivity index (χ2n) is 9.55. The van der Waals surface area contributed by atoms with E-state index in [1.54, 1.807) is 0 Å². The molecule has 4 aromatic carbocycles. The molecule has 1 N–H and O–H groups in total. The van der Waals surface area contributed by atoms with Crippen molar-refractivity contribution < 1.29 is 19.4 Å². The molecule has 5 nitrogen and oxygen atoms in total. The smallest absolute Gasteiger partial charge is 0.125 e. The summed E-state index contributed by atoms with van der Waals surface area (Å²) in [5.41, 5.74) is 4.03. The first-order valence-corrected chi connectivity index (χ1v) is 13.2. The van der Waals surface area contributed by atoms with Gasteiger partial charge in [0.15, 0.2) is 0 Å². The summed E-state index contributed by atoms with van der Waals surface area (Å²) in [7, 11) is 0. The molecule has 1 aliphatic heterocycles. The van der Waals surface area contributed by atoms with Crippen LogP contribution in [0.25, 0.3) is 0 Å². The second-order valence-corrected chi connectivity index (χ2v) is 9.55. The summed E-state index contributed by atoms with van der Waals surface area (Å²) in [5.74, 6) is 6.48. The van der Waals surface area contributed by atoms with Gasteiger partial charge in [-0.3, -0.25) is 0 Å². The van der Waals surface area contributed by atoms with E-state index in [9.17, 15) is 5.21 Å². The molecule has 5 rings (SSSR count). The standard InChI is InChI=1S/C34H33NO4/c36-35-31(22-21-27-13-5-1-6-14-27)33(38-24-29-17-9-3-10-18-29)34(39-25-30-19-11-4-12-20-30)32(35)26-37-23-28-15-7-2-8-16-28/h1-20,31-34,36H,23-26H2/t31-,32-,33-,34-/m1/s1. The van der Waals surface area contributed by atoms with Crippen LogP contribution in [0, 0.1) is 11.8 Å². The molecule has 0 spiro atoms. The molecule has 1 heterocycles. The van der Waals surface area contributed by atoms with Crippen molar-refractivity contribution in [3.05, 3.63) is 144 Å². The number of hydrogen-bond donors (Lipinski definition) is 1. The van der Waals surface area contributed by atoms with E-state index in [1.807, 2.05) is 121 Å². The molecule has 0 unspecified atom stereocenters. The van der Waals surface area contributed by atoms with Crippen LogP contribution in [0.15, 0.2) is 121 Å². The fourth-order valence-electron chi connectivity index (χ4n) is 4.70. The summed E-state index contributed by atoms with van der Waals surface area (Å²) >= 11 is 0. The van der Waals surface area contributed by atoms with Gasteiger partial charge >= 0.3 is 0 Å². The van der Waals surface area contributed by atoms with Gasteiger partial charge in [0.05, 0.1) is 32.5 Å². The Balaban J connectivity index is 1.40. The highest BCUT2D eigenvalue weighted by atomic mass is 16.6. The van der Waals surface area contributed by atoms with E-state index < -0.39 is 24.3 Å². The first-order valence-electron chi connectivity index (χ1n) is 13.2. The Morgan fingerprint density at radius 2 is 1.05 bits per heavy atom. The Kier molecular flexibility index (Phi) is 9.54. The third-order valence-corrected chi connectivity index (χ3v) is 6.75. The highest BCUT2D eigenvalue weighted by Crippen LogP contribution is 2.30. The molecule has 4 atom stereocenters. The van der Waals surface area contributed by atoms with Crippen molar-refractivity contribution in [2.45, 2.75) is 44.1 Å². The average Bonchev–Trinajstić information content (AvgIpc) is 3.25. The highest BCUT2D eigenvalue weighted by Gasteiger charge is 2.50. The minimum absolute atomic E-state index is 0.263. The molecular weight excluding hydrogens is 486 g/mol. The maximum absolute atomic E-state index is 11.4. The lowest BCUT2D eigenvalue weighted by Crippen LogP contribution is -2.40.